The number of fused-ring (bicyclic) bond motifs is 1. The summed E-state index contributed by atoms with van der Waals surface area (Å²) >= 11 is 0. The van der Waals surface area contributed by atoms with Gasteiger partial charge >= 0.3 is 5.97 Å². The van der Waals surface area contributed by atoms with Gasteiger partial charge in [0.05, 0.1) is 6.10 Å². The molecule has 3 unspecified atom stereocenters. The van der Waals surface area contributed by atoms with Crippen molar-refractivity contribution < 1.29 is 19.1 Å². The smallest absolute Gasteiger partial charge is 0.330 e. The van der Waals surface area contributed by atoms with Gasteiger partial charge in [-0.25, -0.2) is 4.79 Å². The fraction of sp³-hybridized carbons (Fsp3) is 0.512. The third kappa shape index (κ3) is 6.88. The molecule has 1 N–H and O–H groups in total. The zero-order valence-electron chi connectivity index (χ0n) is 29.9. The molecule has 0 aliphatic heterocycles. The Kier molecular flexibility index (Phi) is 10.2. The number of allylic oxidation sites excluding steroid dienone is 1. The predicted molar refractivity (Wildman–Crippen MR) is 198 cm³/mol. The van der Waals surface area contributed by atoms with E-state index in [-0.39, 0.29) is 34.4 Å². The Bertz CT molecular complexity index is 1500. The van der Waals surface area contributed by atoms with Crippen LogP contribution in [0, 0.1) is 29.6 Å². The zero-order chi connectivity index (χ0) is 34.1. The van der Waals surface area contributed by atoms with Gasteiger partial charge < -0.3 is 14.3 Å². The van der Waals surface area contributed by atoms with Gasteiger partial charge in [0.2, 0.25) is 0 Å². The molecule has 4 nitrogen and oxygen atoms in total. The molecule has 0 amide bonds. The molecule has 3 aromatic carbocycles. The summed E-state index contributed by atoms with van der Waals surface area (Å²) in [5, 5.41) is 13.8. The van der Waals surface area contributed by atoms with Crippen LogP contribution in [0.25, 0.3) is 0 Å². The van der Waals surface area contributed by atoms with Crippen LogP contribution in [0.5, 0.6) is 0 Å². The SMILES string of the molecule is CC1CCC(C(C)(C)c2ccccc2)C(OC(=O)C=C2C[C@H]3C[C@@H](O)[C@@H](CO[Si](c4ccccc4)(c4ccccc4)C(C)(C)C)[C@H]3C2)C1. The minimum Gasteiger partial charge on any atom is -0.459 e. The second-order valence-corrected chi connectivity index (χ2v) is 21.0. The van der Waals surface area contributed by atoms with Gasteiger partial charge in [-0.1, -0.05) is 145 Å². The highest BCUT2D eigenvalue weighted by Crippen LogP contribution is 2.51. The molecule has 6 rings (SSSR count). The fourth-order valence-corrected chi connectivity index (χ4v) is 14.2. The van der Waals surface area contributed by atoms with Crippen LogP contribution in [-0.4, -0.2) is 38.2 Å². The summed E-state index contributed by atoms with van der Waals surface area (Å²) in [6.07, 6.45) is 6.90. The van der Waals surface area contributed by atoms with Gasteiger partial charge in [0, 0.05) is 24.5 Å². The van der Waals surface area contributed by atoms with Crippen molar-refractivity contribution in [1.29, 1.82) is 0 Å². The highest BCUT2D eigenvalue weighted by Gasteiger charge is 2.53. The van der Waals surface area contributed by atoms with E-state index in [1.807, 2.05) is 0 Å². The van der Waals surface area contributed by atoms with Crippen LogP contribution in [0.1, 0.15) is 85.6 Å². The summed E-state index contributed by atoms with van der Waals surface area (Å²) in [5.41, 5.74) is 2.38. The first-order valence-electron chi connectivity index (χ1n) is 18.3. The zero-order valence-corrected chi connectivity index (χ0v) is 30.9. The summed E-state index contributed by atoms with van der Waals surface area (Å²) in [4.78, 5) is 13.6. The molecule has 0 bridgehead atoms. The maximum absolute atomic E-state index is 13.6. The highest BCUT2D eigenvalue weighted by atomic mass is 28.4. The van der Waals surface area contributed by atoms with Crippen molar-refractivity contribution in [3.8, 4) is 0 Å². The van der Waals surface area contributed by atoms with Crippen LogP contribution < -0.4 is 10.4 Å². The van der Waals surface area contributed by atoms with Gasteiger partial charge in [-0.15, -0.1) is 0 Å². The molecule has 5 heteroatoms. The van der Waals surface area contributed by atoms with Crippen molar-refractivity contribution >= 4 is 24.7 Å². The molecule has 3 aliphatic rings. The summed E-state index contributed by atoms with van der Waals surface area (Å²) in [7, 11) is -2.71. The second-order valence-electron chi connectivity index (χ2n) is 16.7. The number of aliphatic hydroxyl groups excluding tert-OH is 1. The van der Waals surface area contributed by atoms with E-state index in [1.54, 1.807) is 6.08 Å². The molecule has 3 fully saturated rings. The van der Waals surface area contributed by atoms with E-state index in [2.05, 4.69) is 133 Å². The van der Waals surface area contributed by atoms with Gasteiger partial charge in [0.15, 0.2) is 0 Å². The van der Waals surface area contributed by atoms with E-state index in [9.17, 15) is 9.90 Å². The summed E-state index contributed by atoms with van der Waals surface area (Å²) in [6.45, 7) is 14.3. The molecule has 3 saturated carbocycles. The van der Waals surface area contributed by atoms with E-state index < -0.39 is 14.4 Å². The van der Waals surface area contributed by atoms with E-state index in [1.165, 1.54) is 27.9 Å². The van der Waals surface area contributed by atoms with E-state index in [4.69, 9.17) is 9.16 Å². The van der Waals surface area contributed by atoms with Crippen LogP contribution in [0.4, 0.5) is 0 Å². The molecule has 0 aromatic heterocycles. The number of hydrogen-bond donors (Lipinski definition) is 1. The van der Waals surface area contributed by atoms with Gasteiger partial charge in [-0.2, -0.15) is 0 Å². The Morgan fingerprint density at radius 3 is 2.00 bits per heavy atom. The Morgan fingerprint density at radius 2 is 1.42 bits per heavy atom. The third-order valence-corrected chi connectivity index (χ3v) is 17.2. The Labute approximate surface area is 290 Å². The predicted octanol–water partition coefficient (Wildman–Crippen LogP) is 8.22. The van der Waals surface area contributed by atoms with Crippen molar-refractivity contribution in [1.82, 2.24) is 0 Å². The number of ether oxygens (including phenoxy) is 1. The molecule has 3 aromatic rings. The van der Waals surface area contributed by atoms with E-state index in [0.29, 0.717) is 24.4 Å². The Hall–Kier alpha value is -2.99. The van der Waals surface area contributed by atoms with Gasteiger partial charge in [0.1, 0.15) is 6.10 Å². The number of rotatable bonds is 9. The summed E-state index contributed by atoms with van der Waals surface area (Å²) < 4.78 is 13.7. The maximum atomic E-state index is 13.6. The lowest BCUT2D eigenvalue weighted by Crippen LogP contribution is -2.67. The van der Waals surface area contributed by atoms with Crippen molar-refractivity contribution in [3.63, 3.8) is 0 Å². The minimum absolute atomic E-state index is 0.0359. The van der Waals surface area contributed by atoms with Crippen molar-refractivity contribution in [2.24, 2.45) is 29.6 Å². The first-order chi connectivity index (χ1) is 22.9. The van der Waals surface area contributed by atoms with Gasteiger partial charge in [-0.05, 0) is 76.2 Å². The largest absolute Gasteiger partial charge is 0.459 e. The summed E-state index contributed by atoms with van der Waals surface area (Å²) in [5.74, 6) is 1.33. The number of carbonyl (C=O) groups is 1. The molecule has 256 valence electrons. The summed E-state index contributed by atoms with van der Waals surface area (Å²) in [6, 6.07) is 32.2. The van der Waals surface area contributed by atoms with Crippen LogP contribution in [0.15, 0.2) is 103 Å². The average molecular weight is 665 g/mol. The first kappa shape index (κ1) is 34.9. The van der Waals surface area contributed by atoms with Crippen LogP contribution >= 0.6 is 0 Å². The van der Waals surface area contributed by atoms with Crippen LogP contribution in [0.3, 0.4) is 0 Å². The van der Waals surface area contributed by atoms with Gasteiger partial charge in [0.25, 0.3) is 8.32 Å². The normalized spacial score (nSPS) is 28.7. The molecule has 0 saturated heterocycles. The van der Waals surface area contributed by atoms with Crippen LogP contribution in [-0.2, 0) is 19.4 Å². The molecular formula is C43H56O4Si. The number of hydrogen-bond acceptors (Lipinski definition) is 4. The number of benzene rings is 3. The topological polar surface area (TPSA) is 55.8 Å². The highest BCUT2D eigenvalue weighted by molar-refractivity contribution is 6.99. The molecule has 0 heterocycles. The average Bonchev–Trinajstić information content (AvgIpc) is 3.57. The minimum atomic E-state index is -2.71. The molecule has 0 spiro atoms. The molecule has 0 radical (unpaired) electrons. The van der Waals surface area contributed by atoms with Crippen molar-refractivity contribution in [2.45, 2.75) is 103 Å². The van der Waals surface area contributed by atoms with Gasteiger partial charge in [-0.3, -0.25) is 0 Å². The molecule has 7 atom stereocenters. The third-order valence-electron chi connectivity index (χ3n) is 12.2. The maximum Gasteiger partial charge on any atom is 0.330 e. The van der Waals surface area contributed by atoms with Crippen molar-refractivity contribution in [3.05, 3.63) is 108 Å². The molecular weight excluding hydrogens is 609 g/mol. The fourth-order valence-electron chi connectivity index (χ4n) is 9.62. The monoisotopic (exact) mass is 664 g/mol. The van der Waals surface area contributed by atoms with Crippen LogP contribution in [0.2, 0.25) is 5.04 Å². The number of carbonyl (C=O) groups excluding carboxylic acids is 1. The Morgan fingerprint density at radius 1 is 0.833 bits per heavy atom. The number of esters is 1. The lowest BCUT2D eigenvalue weighted by Gasteiger charge is -2.44. The molecule has 48 heavy (non-hydrogen) atoms. The standard InChI is InChI=1S/C43H56O4Si/c1-30-22-23-38(43(5,6)33-16-10-7-11-17-33)40(24-30)47-41(45)27-31-25-32-28-39(44)37(36(32)26-31)29-46-48(42(2,3)4,34-18-12-8-13-19-34)35-20-14-9-15-21-35/h7-21,27,30,32,36-40,44H,22-26,28-29H2,1-6H3/t30?,32-,36-,37-,38?,39+,40?/m0/s1. The molecule has 3 aliphatic carbocycles. The Balaban J connectivity index is 1.18. The van der Waals surface area contributed by atoms with E-state index >= 15 is 0 Å². The lowest BCUT2D eigenvalue weighted by atomic mass is 9.64. The first-order valence-corrected chi connectivity index (χ1v) is 20.2. The number of aliphatic hydroxyl groups is 1. The quantitative estimate of drug-likeness (QED) is 0.142. The van der Waals surface area contributed by atoms with Crippen molar-refractivity contribution in [2.75, 3.05) is 6.61 Å². The lowest BCUT2D eigenvalue weighted by molar-refractivity contribution is -0.150. The second kappa shape index (κ2) is 14.1. The van der Waals surface area contributed by atoms with E-state index in [0.717, 1.165) is 32.1 Å².